The van der Waals surface area contributed by atoms with Crippen molar-refractivity contribution >= 4 is 5.97 Å². The molecular weight excluding hydrogens is 322 g/mol. The van der Waals surface area contributed by atoms with Crippen molar-refractivity contribution in [3.8, 4) is 0 Å². The molecule has 2 aromatic rings. The van der Waals surface area contributed by atoms with Gasteiger partial charge in [0.15, 0.2) is 0 Å². The lowest BCUT2D eigenvalue weighted by atomic mass is 9.92. The fourth-order valence-corrected chi connectivity index (χ4v) is 3.73. The Morgan fingerprint density at radius 1 is 0.962 bits per heavy atom. The minimum Gasteiger partial charge on any atom is -0.457 e. The highest BCUT2D eigenvalue weighted by molar-refractivity contribution is 5.82. The number of carbonyl (C=O) groups excluding carboxylic acids is 1. The maximum Gasteiger partial charge on any atom is 0.330 e. The van der Waals surface area contributed by atoms with Gasteiger partial charge in [-0.3, -0.25) is 4.90 Å². The van der Waals surface area contributed by atoms with Crippen LogP contribution in [0.2, 0.25) is 0 Å². The van der Waals surface area contributed by atoms with Crippen LogP contribution in [0, 0.1) is 5.92 Å². The molecule has 0 amide bonds. The van der Waals surface area contributed by atoms with Crippen LogP contribution in [0.3, 0.4) is 0 Å². The third kappa shape index (κ3) is 4.83. The Kier molecular flexibility index (Phi) is 6.24. The summed E-state index contributed by atoms with van der Waals surface area (Å²) < 4.78 is 5.70. The van der Waals surface area contributed by atoms with Gasteiger partial charge in [-0.15, -0.1) is 0 Å². The van der Waals surface area contributed by atoms with Gasteiger partial charge >= 0.3 is 5.97 Å². The Labute approximate surface area is 156 Å². The molecule has 26 heavy (non-hydrogen) atoms. The number of hydrogen-bond acceptors (Lipinski definition) is 3. The highest BCUT2D eigenvalue weighted by Gasteiger charge is 2.33. The van der Waals surface area contributed by atoms with Gasteiger partial charge in [0.2, 0.25) is 0 Å². The minimum absolute atomic E-state index is 0.111. The highest BCUT2D eigenvalue weighted by Crippen LogP contribution is 2.26. The number of rotatable bonds is 7. The molecule has 1 aliphatic heterocycles. The topological polar surface area (TPSA) is 29.5 Å². The zero-order valence-electron chi connectivity index (χ0n) is 15.5. The van der Waals surface area contributed by atoms with Crippen molar-refractivity contribution in [2.45, 2.75) is 45.5 Å². The fourth-order valence-electron chi connectivity index (χ4n) is 3.73. The second-order valence-corrected chi connectivity index (χ2v) is 7.22. The van der Waals surface area contributed by atoms with E-state index in [4.69, 9.17) is 4.74 Å². The Morgan fingerprint density at radius 2 is 1.50 bits per heavy atom. The molecule has 3 heteroatoms. The molecule has 0 fully saturated rings. The van der Waals surface area contributed by atoms with Crippen molar-refractivity contribution < 1.29 is 9.53 Å². The van der Waals surface area contributed by atoms with Gasteiger partial charge in [-0.25, -0.2) is 4.79 Å². The SMILES string of the molecule is CC(C)[C@H](C1CC=CC(=O)O1)N(Cc1ccccc1)Cc1ccccc1. The van der Waals surface area contributed by atoms with Gasteiger partial charge in [0.1, 0.15) is 6.10 Å². The molecule has 1 aliphatic rings. The lowest BCUT2D eigenvalue weighted by molar-refractivity contribution is -0.149. The molecule has 0 radical (unpaired) electrons. The first-order valence-electron chi connectivity index (χ1n) is 9.32. The molecule has 0 aromatic heterocycles. The molecule has 136 valence electrons. The summed E-state index contributed by atoms with van der Waals surface area (Å²) in [4.78, 5) is 14.3. The maximum absolute atomic E-state index is 11.8. The van der Waals surface area contributed by atoms with Crippen LogP contribution in [0.25, 0.3) is 0 Å². The van der Waals surface area contributed by atoms with Gasteiger partial charge < -0.3 is 4.74 Å². The van der Waals surface area contributed by atoms with E-state index in [1.807, 2.05) is 18.2 Å². The van der Waals surface area contributed by atoms with Crippen LogP contribution in [0.5, 0.6) is 0 Å². The molecule has 0 saturated carbocycles. The molecule has 2 atom stereocenters. The second kappa shape index (κ2) is 8.81. The third-order valence-corrected chi connectivity index (χ3v) is 4.83. The summed E-state index contributed by atoms with van der Waals surface area (Å²) in [5.74, 6) is 0.137. The Bertz CT molecular complexity index is 683. The van der Waals surface area contributed by atoms with E-state index in [0.29, 0.717) is 5.92 Å². The largest absolute Gasteiger partial charge is 0.457 e. The summed E-state index contributed by atoms with van der Waals surface area (Å²) in [7, 11) is 0. The molecule has 1 unspecified atom stereocenters. The van der Waals surface area contributed by atoms with Gasteiger partial charge in [-0.05, 0) is 17.0 Å². The first-order chi connectivity index (χ1) is 12.6. The molecule has 3 nitrogen and oxygen atoms in total. The van der Waals surface area contributed by atoms with Crippen LogP contribution in [-0.2, 0) is 22.6 Å². The summed E-state index contributed by atoms with van der Waals surface area (Å²) in [6.45, 7) is 6.08. The molecule has 0 bridgehead atoms. The summed E-state index contributed by atoms with van der Waals surface area (Å²) in [5.41, 5.74) is 2.54. The van der Waals surface area contributed by atoms with E-state index in [9.17, 15) is 4.79 Å². The summed E-state index contributed by atoms with van der Waals surface area (Å²) in [6, 6.07) is 21.1. The molecule has 1 heterocycles. The molecule has 0 spiro atoms. The van der Waals surface area contributed by atoms with Crippen molar-refractivity contribution in [2.24, 2.45) is 5.92 Å². The molecule has 0 aliphatic carbocycles. The number of benzene rings is 2. The lowest BCUT2D eigenvalue weighted by Crippen LogP contribution is -2.48. The molecule has 0 N–H and O–H groups in total. The number of cyclic esters (lactones) is 1. The molecule has 0 saturated heterocycles. The van der Waals surface area contributed by atoms with Crippen molar-refractivity contribution in [1.29, 1.82) is 0 Å². The Balaban J connectivity index is 1.88. The predicted octanol–water partition coefficient (Wildman–Crippen LogP) is 4.59. The van der Waals surface area contributed by atoms with Crippen LogP contribution in [0.1, 0.15) is 31.4 Å². The average molecular weight is 349 g/mol. The summed E-state index contributed by atoms with van der Waals surface area (Å²) in [5, 5.41) is 0. The molecular formula is C23H27NO2. The van der Waals surface area contributed by atoms with Gasteiger partial charge in [-0.1, -0.05) is 80.6 Å². The second-order valence-electron chi connectivity index (χ2n) is 7.22. The molecule has 3 rings (SSSR count). The summed E-state index contributed by atoms with van der Waals surface area (Å²) in [6.07, 6.45) is 4.14. The van der Waals surface area contributed by atoms with E-state index in [0.717, 1.165) is 19.5 Å². The zero-order chi connectivity index (χ0) is 18.4. The Morgan fingerprint density at radius 3 is 1.96 bits per heavy atom. The van der Waals surface area contributed by atoms with Crippen molar-refractivity contribution in [3.63, 3.8) is 0 Å². The van der Waals surface area contributed by atoms with Crippen molar-refractivity contribution in [2.75, 3.05) is 0 Å². The number of esters is 1. The normalized spacial score (nSPS) is 18.2. The number of nitrogens with zero attached hydrogens (tertiary/aromatic N) is 1. The lowest BCUT2D eigenvalue weighted by Gasteiger charge is -2.39. The zero-order valence-corrected chi connectivity index (χ0v) is 15.5. The standard InChI is InChI=1S/C23H27NO2/c1-18(2)23(21-14-9-15-22(25)26-21)24(16-19-10-5-3-6-11-19)17-20-12-7-4-8-13-20/h3-13,15,18,21,23H,14,16-17H2,1-2H3/t21?,23-/m1/s1. The third-order valence-electron chi connectivity index (χ3n) is 4.83. The fraction of sp³-hybridized carbons (Fsp3) is 0.348. The smallest absolute Gasteiger partial charge is 0.330 e. The van der Waals surface area contributed by atoms with Gasteiger partial charge in [0.05, 0.1) is 0 Å². The van der Waals surface area contributed by atoms with Gasteiger partial charge in [-0.2, -0.15) is 0 Å². The van der Waals surface area contributed by atoms with Crippen LogP contribution in [0.15, 0.2) is 72.8 Å². The Hall–Kier alpha value is -2.39. The van der Waals surface area contributed by atoms with E-state index in [-0.39, 0.29) is 18.1 Å². The van der Waals surface area contributed by atoms with E-state index in [1.54, 1.807) is 0 Å². The number of ether oxygens (including phenoxy) is 1. The van der Waals surface area contributed by atoms with E-state index < -0.39 is 0 Å². The quantitative estimate of drug-likeness (QED) is 0.685. The average Bonchev–Trinajstić information content (AvgIpc) is 2.63. The minimum atomic E-state index is -0.230. The van der Waals surface area contributed by atoms with E-state index >= 15 is 0 Å². The first-order valence-corrected chi connectivity index (χ1v) is 9.32. The van der Waals surface area contributed by atoms with Gasteiger partial charge in [0.25, 0.3) is 0 Å². The van der Waals surface area contributed by atoms with Crippen LogP contribution >= 0.6 is 0 Å². The van der Waals surface area contributed by atoms with E-state index in [1.165, 1.54) is 17.2 Å². The number of hydrogen-bond donors (Lipinski definition) is 0. The summed E-state index contributed by atoms with van der Waals surface area (Å²) >= 11 is 0. The molecule has 2 aromatic carbocycles. The van der Waals surface area contributed by atoms with Crippen LogP contribution in [-0.4, -0.2) is 23.0 Å². The first kappa shape index (κ1) is 18.4. The highest BCUT2D eigenvalue weighted by atomic mass is 16.5. The number of carbonyl (C=O) groups is 1. The van der Waals surface area contributed by atoms with Crippen LogP contribution < -0.4 is 0 Å². The van der Waals surface area contributed by atoms with Crippen molar-refractivity contribution in [1.82, 2.24) is 4.90 Å². The van der Waals surface area contributed by atoms with Crippen LogP contribution in [0.4, 0.5) is 0 Å². The van der Waals surface area contributed by atoms with E-state index in [2.05, 4.69) is 67.3 Å². The van der Waals surface area contributed by atoms with Crippen molar-refractivity contribution in [3.05, 3.63) is 83.9 Å². The van der Waals surface area contributed by atoms with Gasteiger partial charge in [0, 0.05) is 31.6 Å². The monoisotopic (exact) mass is 349 g/mol. The maximum atomic E-state index is 11.8. The predicted molar refractivity (Wildman–Crippen MR) is 104 cm³/mol.